The van der Waals surface area contributed by atoms with Crippen LogP contribution in [0, 0.1) is 5.82 Å². The molecule has 1 aromatic heterocycles. The number of nitrogens with one attached hydrogen (secondary N) is 2. The van der Waals surface area contributed by atoms with E-state index in [0.29, 0.717) is 30.1 Å². The van der Waals surface area contributed by atoms with Gasteiger partial charge in [-0.05, 0) is 50.7 Å². The van der Waals surface area contributed by atoms with Gasteiger partial charge in [0.25, 0.3) is 0 Å². The zero-order valence-corrected chi connectivity index (χ0v) is 19.8. The number of hydrogen-bond acceptors (Lipinski definition) is 5. The first kappa shape index (κ1) is 23.4. The molecule has 2 atom stereocenters. The smallest absolute Gasteiger partial charge is 0.341 e. The minimum absolute atomic E-state index is 0.0832. The lowest BCUT2D eigenvalue weighted by atomic mass is 9.90. The lowest BCUT2D eigenvalue weighted by molar-refractivity contribution is 0.0695. The minimum atomic E-state index is -1.35. The van der Waals surface area contributed by atoms with E-state index in [0.717, 1.165) is 25.7 Å². The highest BCUT2D eigenvalue weighted by Crippen LogP contribution is 2.41. The summed E-state index contributed by atoms with van der Waals surface area (Å²) in [6, 6.07) is 13.3. The first-order chi connectivity index (χ1) is 16.9. The molecule has 5 rings (SSSR count). The third-order valence-corrected chi connectivity index (χ3v) is 7.47. The summed E-state index contributed by atoms with van der Waals surface area (Å²) in [5.74, 6) is -1.46. The summed E-state index contributed by atoms with van der Waals surface area (Å²) in [7, 11) is 0. The van der Waals surface area contributed by atoms with Crippen molar-refractivity contribution >= 4 is 28.2 Å². The number of carbonyl (C=O) groups is 1. The Morgan fingerprint density at radius 1 is 1.17 bits per heavy atom. The lowest BCUT2D eigenvalue weighted by Crippen LogP contribution is -2.38. The Bertz CT molecular complexity index is 1320. The molecule has 0 aliphatic heterocycles. The molecule has 1 heterocycles. The molecular weight excluding hydrogens is 447 g/mol. The fraction of sp³-hybridized carbons (Fsp3) is 0.407. The van der Waals surface area contributed by atoms with E-state index in [2.05, 4.69) is 34.9 Å². The van der Waals surface area contributed by atoms with E-state index in [4.69, 9.17) is 5.73 Å². The average Bonchev–Trinajstić information content (AvgIpc) is 3.63. The second-order valence-electron chi connectivity index (χ2n) is 9.73. The maximum Gasteiger partial charge on any atom is 0.341 e. The van der Waals surface area contributed by atoms with Gasteiger partial charge in [0.15, 0.2) is 5.82 Å². The summed E-state index contributed by atoms with van der Waals surface area (Å²) in [4.78, 5) is 24.2. The van der Waals surface area contributed by atoms with Gasteiger partial charge in [-0.15, -0.1) is 0 Å². The number of aromatic carboxylic acids is 1. The van der Waals surface area contributed by atoms with Gasteiger partial charge in [0.1, 0.15) is 5.56 Å². The maximum atomic E-state index is 15.2. The van der Waals surface area contributed by atoms with Crippen LogP contribution in [-0.2, 0) is 6.54 Å². The fourth-order valence-electron chi connectivity index (χ4n) is 5.44. The third kappa shape index (κ3) is 4.50. The number of pyridine rings is 1. The van der Waals surface area contributed by atoms with Gasteiger partial charge >= 0.3 is 5.97 Å². The average molecular weight is 479 g/mol. The van der Waals surface area contributed by atoms with Gasteiger partial charge < -0.3 is 26.0 Å². The van der Waals surface area contributed by atoms with Crippen LogP contribution >= 0.6 is 0 Å². The highest BCUT2D eigenvalue weighted by molar-refractivity contribution is 5.99. The van der Waals surface area contributed by atoms with Crippen molar-refractivity contribution in [1.29, 1.82) is 0 Å². The molecule has 184 valence electrons. The van der Waals surface area contributed by atoms with Crippen LogP contribution in [0.2, 0.25) is 0 Å². The monoisotopic (exact) mass is 478 g/mol. The molecule has 8 heteroatoms. The van der Waals surface area contributed by atoms with Crippen molar-refractivity contribution in [2.75, 3.05) is 11.1 Å². The van der Waals surface area contributed by atoms with Crippen molar-refractivity contribution in [3.05, 3.63) is 69.8 Å². The number of carboxylic acids is 1. The Labute approximate surface area is 203 Å². The molecule has 0 radical (unpaired) electrons. The van der Waals surface area contributed by atoms with Gasteiger partial charge in [0.2, 0.25) is 5.43 Å². The number of rotatable bonds is 7. The number of benzene rings is 2. The summed E-state index contributed by atoms with van der Waals surface area (Å²) in [6.07, 6.45) is 6.27. The third-order valence-electron chi connectivity index (χ3n) is 7.47. The first-order valence-corrected chi connectivity index (χ1v) is 12.3. The van der Waals surface area contributed by atoms with E-state index < -0.39 is 22.8 Å². The molecule has 7 nitrogen and oxygen atoms in total. The molecule has 0 saturated heterocycles. The SMILES string of the molecule is CCn1cc(C(=O)O)c(=O)c2c(N)c(F)c(N[C@H]3CC[C@H](N[C@@H]4CC4c4ccccc4)CC3)cc21. The van der Waals surface area contributed by atoms with Crippen molar-refractivity contribution in [3.63, 3.8) is 0 Å². The molecule has 0 amide bonds. The van der Waals surface area contributed by atoms with E-state index in [1.165, 1.54) is 18.2 Å². The number of aromatic nitrogens is 1. The number of halogens is 1. The zero-order valence-electron chi connectivity index (χ0n) is 19.8. The van der Waals surface area contributed by atoms with E-state index in [9.17, 15) is 14.7 Å². The normalized spacial score (nSPS) is 23.8. The van der Waals surface area contributed by atoms with Gasteiger partial charge in [-0.25, -0.2) is 9.18 Å². The van der Waals surface area contributed by atoms with Crippen LogP contribution in [0.4, 0.5) is 15.8 Å². The van der Waals surface area contributed by atoms with Crippen LogP contribution in [0.3, 0.4) is 0 Å². The number of carboxylic acid groups (broad SMARTS) is 1. The Hall–Kier alpha value is -3.39. The number of nitrogen functional groups attached to an aromatic ring is 1. The zero-order chi connectivity index (χ0) is 24.7. The van der Waals surface area contributed by atoms with Gasteiger partial charge in [0.05, 0.1) is 22.3 Å². The van der Waals surface area contributed by atoms with E-state index in [1.54, 1.807) is 10.6 Å². The summed E-state index contributed by atoms with van der Waals surface area (Å²) in [5.41, 5.74) is 6.62. The summed E-state index contributed by atoms with van der Waals surface area (Å²) in [5, 5.41) is 16.4. The van der Waals surface area contributed by atoms with E-state index in [-0.39, 0.29) is 22.8 Å². The topological polar surface area (TPSA) is 109 Å². The Balaban J connectivity index is 1.27. The molecule has 2 aliphatic rings. The maximum absolute atomic E-state index is 15.2. The summed E-state index contributed by atoms with van der Waals surface area (Å²) in [6.45, 7) is 2.25. The van der Waals surface area contributed by atoms with Crippen molar-refractivity contribution in [2.24, 2.45) is 0 Å². The number of nitrogens with zero attached hydrogens (tertiary/aromatic N) is 1. The number of fused-ring (bicyclic) bond motifs is 1. The van der Waals surface area contributed by atoms with Gasteiger partial charge in [0, 0.05) is 36.8 Å². The second-order valence-corrected chi connectivity index (χ2v) is 9.73. The van der Waals surface area contributed by atoms with Gasteiger partial charge in [-0.3, -0.25) is 4.79 Å². The Kier molecular flexibility index (Phi) is 6.23. The number of anilines is 2. The minimum Gasteiger partial charge on any atom is -0.477 e. The predicted molar refractivity (Wildman–Crippen MR) is 136 cm³/mol. The number of nitrogens with two attached hydrogens (primary N) is 1. The highest BCUT2D eigenvalue weighted by Gasteiger charge is 2.39. The molecule has 0 bridgehead atoms. The van der Waals surface area contributed by atoms with Crippen LogP contribution in [0.5, 0.6) is 0 Å². The van der Waals surface area contributed by atoms with Crippen LogP contribution in [0.15, 0.2) is 47.4 Å². The Morgan fingerprint density at radius 3 is 2.51 bits per heavy atom. The van der Waals surface area contributed by atoms with E-state index in [1.807, 2.05) is 13.0 Å². The second kappa shape index (κ2) is 9.34. The van der Waals surface area contributed by atoms with Crippen LogP contribution in [0.1, 0.15) is 60.9 Å². The van der Waals surface area contributed by atoms with Gasteiger partial charge in [-0.2, -0.15) is 0 Å². The molecule has 2 fully saturated rings. The number of hydrogen-bond donors (Lipinski definition) is 4. The molecule has 2 aliphatic carbocycles. The standard InChI is InChI=1S/C27H31FN4O3/c1-2-32-14-19(27(34)35)26(33)23-22(32)13-21(24(28)25(23)29)31-17-10-8-16(9-11-17)30-20-12-18(20)15-6-4-3-5-7-15/h3-7,13-14,16-18,20,30-31H,2,8-12,29H2,1H3,(H,34,35)/t16-,17-,18?,20-/m1/s1. The van der Waals surface area contributed by atoms with Crippen molar-refractivity contribution in [1.82, 2.24) is 9.88 Å². The highest BCUT2D eigenvalue weighted by atomic mass is 19.1. The number of aryl methyl sites for hydroxylation is 1. The largest absolute Gasteiger partial charge is 0.477 e. The molecule has 3 aromatic rings. The van der Waals surface area contributed by atoms with Crippen LogP contribution < -0.4 is 21.8 Å². The Morgan fingerprint density at radius 2 is 1.86 bits per heavy atom. The molecule has 1 unspecified atom stereocenters. The predicted octanol–water partition coefficient (Wildman–Crippen LogP) is 4.31. The molecule has 5 N–H and O–H groups in total. The quantitative estimate of drug-likeness (QED) is 0.377. The summed E-state index contributed by atoms with van der Waals surface area (Å²) < 4.78 is 16.8. The molecular formula is C27H31FN4O3. The molecule has 2 aromatic carbocycles. The van der Waals surface area contributed by atoms with Crippen molar-refractivity contribution < 1.29 is 14.3 Å². The molecule has 0 spiro atoms. The fourth-order valence-corrected chi connectivity index (χ4v) is 5.44. The van der Waals surface area contributed by atoms with Crippen molar-refractivity contribution in [3.8, 4) is 0 Å². The van der Waals surface area contributed by atoms with Gasteiger partial charge in [-0.1, -0.05) is 30.3 Å². The van der Waals surface area contributed by atoms with Crippen LogP contribution in [-0.4, -0.2) is 33.8 Å². The van der Waals surface area contributed by atoms with Crippen molar-refractivity contribution in [2.45, 2.75) is 69.6 Å². The molecule has 35 heavy (non-hydrogen) atoms. The molecule has 2 saturated carbocycles. The first-order valence-electron chi connectivity index (χ1n) is 12.3. The lowest BCUT2D eigenvalue weighted by Gasteiger charge is -2.31. The van der Waals surface area contributed by atoms with E-state index >= 15 is 4.39 Å². The van der Waals surface area contributed by atoms with Crippen LogP contribution in [0.25, 0.3) is 10.9 Å². The summed E-state index contributed by atoms with van der Waals surface area (Å²) >= 11 is 0.